The number of hydrogen-bond donors (Lipinski definition) is 0. The molecular formula is C19H22N6O2. The molecule has 3 aromatic rings. The van der Waals surface area contributed by atoms with Gasteiger partial charge in [0.25, 0.3) is 11.5 Å². The normalized spacial score (nSPS) is 14.8. The molecule has 0 unspecified atom stereocenters. The smallest absolute Gasteiger partial charge is 0.272 e. The van der Waals surface area contributed by atoms with Crippen LogP contribution >= 0.6 is 0 Å². The molecule has 0 N–H and O–H groups in total. The molecule has 1 aliphatic rings. The highest BCUT2D eigenvalue weighted by molar-refractivity contribution is 5.93. The van der Waals surface area contributed by atoms with Gasteiger partial charge in [0, 0.05) is 46.0 Å². The Bertz CT molecular complexity index is 1080. The van der Waals surface area contributed by atoms with E-state index in [1.54, 1.807) is 25.1 Å². The van der Waals surface area contributed by atoms with Crippen LogP contribution in [-0.4, -0.2) is 56.3 Å². The highest BCUT2D eigenvalue weighted by atomic mass is 16.2. The number of nitrogens with zero attached hydrogens (tertiary/aromatic N) is 6. The zero-order chi connectivity index (χ0) is 19.1. The molecule has 8 nitrogen and oxygen atoms in total. The lowest BCUT2D eigenvalue weighted by Gasteiger charge is -2.36. The Morgan fingerprint density at radius 1 is 1.07 bits per heavy atom. The van der Waals surface area contributed by atoms with E-state index in [1.165, 1.54) is 4.57 Å². The summed E-state index contributed by atoms with van der Waals surface area (Å²) >= 11 is 0. The lowest BCUT2D eigenvalue weighted by Crippen LogP contribution is -2.49. The predicted molar refractivity (Wildman–Crippen MR) is 103 cm³/mol. The number of carbonyl (C=O) groups excluding carboxylic acids is 1. The number of benzene rings is 1. The summed E-state index contributed by atoms with van der Waals surface area (Å²) < 4.78 is 3.12. The predicted octanol–water partition coefficient (Wildman–Crippen LogP) is 0.938. The van der Waals surface area contributed by atoms with Gasteiger partial charge >= 0.3 is 0 Å². The van der Waals surface area contributed by atoms with Crippen LogP contribution in [0.5, 0.6) is 0 Å². The van der Waals surface area contributed by atoms with Gasteiger partial charge in [-0.2, -0.15) is 5.10 Å². The van der Waals surface area contributed by atoms with Crippen molar-refractivity contribution in [2.45, 2.75) is 6.92 Å². The number of anilines is 1. The van der Waals surface area contributed by atoms with Crippen LogP contribution in [0.2, 0.25) is 0 Å². The van der Waals surface area contributed by atoms with Gasteiger partial charge in [0.05, 0.1) is 22.9 Å². The Labute approximate surface area is 156 Å². The molecule has 27 heavy (non-hydrogen) atoms. The molecule has 1 fully saturated rings. The van der Waals surface area contributed by atoms with Gasteiger partial charge < -0.3 is 14.4 Å². The highest BCUT2D eigenvalue weighted by Crippen LogP contribution is 2.21. The molecule has 1 amide bonds. The van der Waals surface area contributed by atoms with Crippen LogP contribution < -0.4 is 10.5 Å². The quantitative estimate of drug-likeness (QED) is 0.675. The van der Waals surface area contributed by atoms with Crippen molar-refractivity contribution in [1.29, 1.82) is 0 Å². The van der Waals surface area contributed by atoms with Crippen LogP contribution in [0, 0.1) is 6.92 Å². The van der Waals surface area contributed by atoms with Crippen LogP contribution in [0.1, 0.15) is 16.2 Å². The minimum absolute atomic E-state index is 0.0152. The van der Waals surface area contributed by atoms with E-state index in [2.05, 4.69) is 15.0 Å². The number of fused-ring (bicyclic) bond motifs is 1. The molecule has 1 saturated heterocycles. The van der Waals surface area contributed by atoms with E-state index in [9.17, 15) is 9.59 Å². The van der Waals surface area contributed by atoms with Gasteiger partial charge in [0.15, 0.2) is 0 Å². The first-order valence-corrected chi connectivity index (χ1v) is 8.94. The van der Waals surface area contributed by atoms with Gasteiger partial charge in [-0.3, -0.25) is 14.3 Å². The molecule has 0 saturated carbocycles. The van der Waals surface area contributed by atoms with Crippen molar-refractivity contribution in [1.82, 2.24) is 24.2 Å². The fourth-order valence-electron chi connectivity index (χ4n) is 3.54. The number of rotatable bonds is 2. The minimum Gasteiger partial charge on any atom is -0.368 e. The van der Waals surface area contributed by atoms with Crippen LogP contribution in [0.3, 0.4) is 0 Å². The number of aromatic nitrogens is 4. The van der Waals surface area contributed by atoms with Gasteiger partial charge in [-0.15, -0.1) is 0 Å². The molecule has 0 radical (unpaired) electrons. The Hall–Kier alpha value is -3.16. The second kappa shape index (κ2) is 6.53. The summed E-state index contributed by atoms with van der Waals surface area (Å²) in [7, 11) is 3.49. The second-order valence-electron chi connectivity index (χ2n) is 6.94. The largest absolute Gasteiger partial charge is 0.368 e. The standard InChI is InChI=1S/C19H22N6O2/c1-13-10-17(23(3)21-13)19(27)25-8-6-24(7-9-25)14-4-5-15-16(11-14)20-12-22(2)18(15)26/h4-5,10-12H,6-9H2,1-3H3. The van der Waals surface area contributed by atoms with Crippen molar-refractivity contribution in [3.63, 3.8) is 0 Å². The van der Waals surface area contributed by atoms with Crippen LogP contribution in [-0.2, 0) is 14.1 Å². The summed E-state index contributed by atoms with van der Waals surface area (Å²) in [5.41, 5.74) is 3.13. The minimum atomic E-state index is -0.0477. The molecule has 1 aliphatic heterocycles. The lowest BCUT2D eigenvalue weighted by atomic mass is 10.2. The maximum atomic E-state index is 12.7. The number of carbonyl (C=O) groups is 1. The zero-order valence-electron chi connectivity index (χ0n) is 15.7. The molecule has 8 heteroatoms. The molecule has 0 spiro atoms. The third-order valence-corrected chi connectivity index (χ3v) is 5.06. The zero-order valence-corrected chi connectivity index (χ0v) is 15.7. The highest BCUT2D eigenvalue weighted by Gasteiger charge is 2.24. The van der Waals surface area contributed by atoms with Gasteiger partial charge in [0.2, 0.25) is 0 Å². The molecule has 0 aliphatic carbocycles. The van der Waals surface area contributed by atoms with Gasteiger partial charge in [-0.05, 0) is 31.2 Å². The molecule has 0 bridgehead atoms. The molecular weight excluding hydrogens is 344 g/mol. The first-order valence-electron chi connectivity index (χ1n) is 8.94. The molecule has 0 atom stereocenters. The van der Waals surface area contributed by atoms with E-state index in [1.807, 2.05) is 36.1 Å². The first kappa shape index (κ1) is 17.3. The van der Waals surface area contributed by atoms with Crippen LogP contribution in [0.15, 0.2) is 35.4 Å². The Kier molecular flexibility index (Phi) is 4.18. The van der Waals surface area contributed by atoms with E-state index in [4.69, 9.17) is 0 Å². The average Bonchev–Trinajstić information content (AvgIpc) is 3.02. The van der Waals surface area contributed by atoms with Crippen molar-refractivity contribution in [3.8, 4) is 0 Å². The summed E-state index contributed by atoms with van der Waals surface area (Å²) in [5, 5.41) is 4.87. The third kappa shape index (κ3) is 3.07. The summed E-state index contributed by atoms with van der Waals surface area (Å²) in [6, 6.07) is 7.55. The lowest BCUT2D eigenvalue weighted by molar-refractivity contribution is 0.0735. The van der Waals surface area contributed by atoms with Crippen molar-refractivity contribution in [2.75, 3.05) is 31.1 Å². The van der Waals surface area contributed by atoms with Gasteiger partial charge in [-0.25, -0.2) is 4.98 Å². The Morgan fingerprint density at radius 2 is 1.81 bits per heavy atom. The fraction of sp³-hybridized carbons (Fsp3) is 0.368. The molecule has 3 heterocycles. The maximum Gasteiger partial charge on any atom is 0.272 e. The number of amides is 1. The van der Waals surface area contributed by atoms with E-state index < -0.39 is 0 Å². The van der Waals surface area contributed by atoms with E-state index >= 15 is 0 Å². The Morgan fingerprint density at radius 3 is 2.48 bits per heavy atom. The number of piperazine rings is 1. The first-order chi connectivity index (χ1) is 12.9. The molecule has 140 valence electrons. The van der Waals surface area contributed by atoms with Crippen molar-refractivity contribution >= 4 is 22.5 Å². The average molecular weight is 366 g/mol. The monoisotopic (exact) mass is 366 g/mol. The maximum absolute atomic E-state index is 12.7. The van der Waals surface area contributed by atoms with Crippen LogP contribution in [0.4, 0.5) is 5.69 Å². The summed E-state index contributed by atoms with van der Waals surface area (Å²) in [6.07, 6.45) is 1.54. The van der Waals surface area contributed by atoms with Crippen LogP contribution in [0.25, 0.3) is 10.9 Å². The summed E-state index contributed by atoms with van der Waals surface area (Å²) in [6.45, 7) is 4.64. The van der Waals surface area contributed by atoms with E-state index in [0.29, 0.717) is 29.7 Å². The summed E-state index contributed by atoms with van der Waals surface area (Å²) in [4.78, 5) is 33.3. The molecule has 2 aromatic heterocycles. The second-order valence-corrected chi connectivity index (χ2v) is 6.94. The van der Waals surface area contributed by atoms with E-state index in [-0.39, 0.29) is 11.5 Å². The van der Waals surface area contributed by atoms with Crippen molar-refractivity contribution < 1.29 is 4.79 Å². The number of hydrogen-bond acceptors (Lipinski definition) is 5. The van der Waals surface area contributed by atoms with Crippen molar-refractivity contribution in [2.24, 2.45) is 14.1 Å². The van der Waals surface area contributed by atoms with E-state index in [0.717, 1.165) is 24.5 Å². The Balaban J connectivity index is 1.50. The fourth-order valence-corrected chi connectivity index (χ4v) is 3.54. The topological polar surface area (TPSA) is 76.3 Å². The number of aryl methyl sites for hydroxylation is 3. The van der Waals surface area contributed by atoms with Gasteiger partial charge in [-0.1, -0.05) is 0 Å². The van der Waals surface area contributed by atoms with Crippen molar-refractivity contribution in [3.05, 3.63) is 52.3 Å². The third-order valence-electron chi connectivity index (χ3n) is 5.06. The molecule has 4 rings (SSSR count). The molecule has 1 aromatic carbocycles. The van der Waals surface area contributed by atoms with Gasteiger partial charge in [0.1, 0.15) is 5.69 Å². The SMILES string of the molecule is Cc1cc(C(=O)N2CCN(c3ccc4c(=O)n(C)cnc4c3)CC2)n(C)n1. The summed E-state index contributed by atoms with van der Waals surface area (Å²) in [5.74, 6) is 0.0152.